The minimum atomic E-state index is -0.710. The summed E-state index contributed by atoms with van der Waals surface area (Å²) in [6.45, 7) is 3.67. The summed E-state index contributed by atoms with van der Waals surface area (Å²) in [5.41, 5.74) is 11.3. The molecule has 0 aromatic carbocycles. The number of hydrogen-bond donors (Lipinski definition) is 4. The molecule has 2 rings (SSSR count). The second-order valence-electron chi connectivity index (χ2n) is 5.97. The van der Waals surface area contributed by atoms with E-state index in [-0.39, 0.29) is 49.5 Å². The van der Waals surface area contributed by atoms with E-state index >= 15 is 0 Å². The number of hydrogen-bond acceptors (Lipinski definition) is 8. The fourth-order valence-corrected chi connectivity index (χ4v) is 2.11. The van der Waals surface area contributed by atoms with E-state index in [1.165, 1.54) is 6.33 Å². The number of ether oxygens (including phenoxy) is 1. The van der Waals surface area contributed by atoms with Gasteiger partial charge in [-0.2, -0.15) is 4.98 Å². The van der Waals surface area contributed by atoms with Crippen LogP contribution in [0, 0.1) is 11.8 Å². The van der Waals surface area contributed by atoms with Gasteiger partial charge in [-0.05, 0) is 5.92 Å². The Morgan fingerprint density at radius 3 is 2.76 bits per heavy atom. The molecule has 6 N–H and O–H groups in total. The molecule has 0 bridgehead atoms. The maximum Gasteiger partial charge on any atom is 0.323 e. The Balaban J connectivity index is 0.00000312. The summed E-state index contributed by atoms with van der Waals surface area (Å²) in [7, 11) is 0. The molecule has 0 radical (unpaired) electrons. The molecule has 0 aliphatic carbocycles. The monoisotopic (exact) mass is 374 g/mol. The van der Waals surface area contributed by atoms with Gasteiger partial charge in [-0.25, -0.2) is 4.98 Å². The van der Waals surface area contributed by atoms with E-state index in [0.29, 0.717) is 5.65 Å². The van der Waals surface area contributed by atoms with Crippen molar-refractivity contribution in [1.82, 2.24) is 19.5 Å². The highest BCUT2D eigenvalue weighted by atomic mass is 35.5. The quantitative estimate of drug-likeness (QED) is 0.460. The zero-order chi connectivity index (χ0) is 17.9. The summed E-state index contributed by atoms with van der Waals surface area (Å²) >= 11 is 0. The van der Waals surface area contributed by atoms with Gasteiger partial charge in [0.25, 0.3) is 5.56 Å². The van der Waals surface area contributed by atoms with Crippen LogP contribution in [0.15, 0.2) is 11.1 Å². The number of rotatable bonds is 7. The summed E-state index contributed by atoms with van der Waals surface area (Å²) in [6, 6.07) is -0.710. The lowest BCUT2D eigenvalue weighted by Gasteiger charge is -2.18. The minimum absolute atomic E-state index is 0. The lowest BCUT2D eigenvalue weighted by Crippen LogP contribution is -2.38. The number of nitrogens with zero attached hydrogens (tertiary/aromatic N) is 3. The van der Waals surface area contributed by atoms with E-state index in [1.807, 2.05) is 13.8 Å². The summed E-state index contributed by atoms with van der Waals surface area (Å²) in [5, 5.41) is 9.50. The predicted molar refractivity (Wildman–Crippen MR) is 94.2 cm³/mol. The molecular formula is C14H23ClN6O4. The Morgan fingerprint density at radius 2 is 2.16 bits per heavy atom. The van der Waals surface area contributed by atoms with Crippen molar-refractivity contribution in [2.75, 3.05) is 18.9 Å². The van der Waals surface area contributed by atoms with E-state index in [9.17, 15) is 14.7 Å². The molecular weight excluding hydrogens is 352 g/mol. The minimum Gasteiger partial charge on any atom is -0.464 e. The van der Waals surface area contributed by atoms with Crippen LogP contribution in [0.3, 0.4) is 0 Å². The van der Waals surface area contributed by atoms with Gasteiger partial charge < -0.3 is 25.9 Å². The van der Waals surface area contributed by atoms with Crippen LogP contribution < -0.4 is 17.0 Å². The number of aliphatic hydroxyl groups is 1. The lowest BCUT2D eigenvalue weighted by molar-refractivity contribution is -0.148. The zero-order valence-electron chi connectivity index (χ0n) is 14.0. The van der Waals surface area contributed by atoms with E-state index in [4.69, 9.17) is 16.2 Å². The van der Waals surface area contributed by atoms with Crippen LogP contribution in [0.4, 0.5) is 5.95 Å². The molecule has 0 amide bonds. The fourth-order valence-electron chi connectivity index (χ4n) is 2.11. The molecule has 0 saturated heterocycles. The summed E-state index contributed by atoms with van der Waals surface area (Å²) in [5.74, 6) is -0.975. The average Bonchev–Trinajstić information content (AvgIpc) is 2.93. The van der Waals surface area contributed by atoms with Crippen LogP contribution in [-0.4, -0.2) is 49.9 Å². The molecule has 1 unspecified atom stereocenters. The van der Waals surface area contributed by atoms with Gasteiger partial charge in [0.2, 0.25) is 5.95 Å². The number of aliphatic hydroxyl groups excluding tert-OH is 1. The van der Waals surface area contributed by atoms with E-state index in [1.54, 1.807) is 4.57 Å². The number of fused-ring (bicyclic) bond motifs is 1. The third-order valence-corrected chi connectivity index (χ3v) is 3.66. The van der Waals surface area contributed by atoms with Crippen molar-refractivity contribution in [3.8, 4) is 0 Å². The number of aromatic amines is 1. The fraction of sp³-hybridized carbons (Fsp3) is 0.571. The number of H-pyrrole nitrogens is 1. The third kappa shape index (κ3) is 4.91. The Labute approximate surface area is 150 Å². The maximum absolute atomic E-state index is 11.8. The first kappa shape index (κ1) is 20.9. The first-order valence-electron chi connectivity index (χ1n) is 7.57. The van der Waals surface area contributed by atoms with Gasteiger partial charge in [0.15, 0.2) is 11.2 Å². The number of esters is 1. The van der Waals surface area contributed by atoms with Gasteiger partial charge in [-0.15, -0.1) is 12.4 Å². The molecule has 2 aromatic rings. The molecule has 2 heterocycles. The number of halogens is 1. The number of carbonyl (C=O) groups is 1. The summed E-state index contributed by atoms with van der Waals surface area (Å²) in [4.78, 5) is 33.9. The van der Waals surface area contributed by atoms with Gasteiger partial charge >= 0.3 is 5.97 Å². The van der Waals surface area contributed by atoms with Crippen molar-refractivity contribution in [2.45, 2.75) is 26.4 Å². The van der Waals surface area contributed by atoms with E-state index in [0.717, 1.165) is 0 Å². The first-order valence-corrected chi connectivity index (χ1v) is 7.57. The van der Waals surface area contributed by atoms with E-state index < -0.39 is 23.5 Å². The van der Waals surface area contributed by atoms with Crippen molar-refractivity contribution >= 4 is 35.5 Å². The standard InChI is InChI=1S/C14H22N6O4.ClH/c1-7(2)9(15)13(23)24-5-8(4-21)3-20-6-17-10-11(20)18-14(16)19-12(10)22;/h6-9,21H,3-5,15H2,1-2H3,(H3,16,18,19,22);1H/t8?,9-;/m0./s1. The summed E-state index contributed by atoms with van der Waals surface area (Å²) < 4.78 is 6.74. The van der Waals surface area contributed by atoms with Crippen molar-refractivity contribution in [3.05, 3.63) is 16.7 Å². The Bertz CT molecular complexity index is 774. The normalized spacial score (nSPS) is 13.5. The second kappa shape index (κ2) is 8.79. The Kier molecular flexibility index (Phi) is 7.34. The van der Waals surface area contributed by atoms with Crippen LogP contribution in [0.5, 0.6) is 0 Å². The van der Waals surface area contributed by atoms with Gasteiger partial charge in [0.1, 0.15) is 6.04 Å². The Morgan fingerprint density at radius 1 is 1.48 bits per heavy atom. The van der Waals surface area contributed by atoms with Crippen molar-refractivity contribution in [3.63, 3.8) is 0 Å². The van der Waals surface area contributed by atoms with Gasteiger partial charge in [-0.1, -0.05) is 13.8 Å². The molecule has 0 aliphatic rings. The van der Waals surface area contributed by atoms with Gasteiger partial charge in [0.05, 0.1) is 19.5 Å². The highest BCUT2D eigenvalue weighted by Crippen LogP contribution is 2.11. The van der Waals surface area contributed by atoms with Gasteiger partial charge in [0, 0.05) is 12.5 Å². The average molecular weight is 375 g/mol. The molecule has 2 atom stereocenters. The number of nitrogens with two attached hydrogens (primary N) is 2. The molecule has 140 valence electrons. The SMILES string of the molecule is CC(C)[C@H](N)C(=O)OCC(CO)Cn1cnc2c(=O)[nH]c(N)nc21.Cl. The number of nitrogen functional groups attached to an aromatic ring is 1. The topological polar surface area (TPSA) is 162 Å². The molecule has 11 heteroatoms. The molecule has 0 aliphatic heterocycles. The van der Waals surface area contributed by atoms with Crippen LogP contribution in [-0.2, 0) is 16.1 Å². The molecule has 0 saturated carbocycles. The zero-order valence-corrected chi connectivity index (χ0v) is 14.8. The number of aromatic nitrogens is 4. The van der Waals surface area contributed by atoms with E-state index in [2.05, 4.69) is 15.0 Å². The molecule has 0 spiro atoms. The number of imidazole rings is 1. The number of carbonyl (C=O) groups excluding carboxylic acids is 1. The smallest absolute Gasteiger partial charge is 0.323 e. The van der Waals surface area contributed by atoms with Crippen molar-refractivity contribution < 1.29 is 14.6 Å². The third-order valence-electron chi connectivity index (χ3n) is 3.66. The highest BCUT2D eigenvalue weighted by molar-refractivity contribution is 5.85. The molecule has 2 aromatic heterocycles. The van der Waals surface area contributed by atoms with Crippen LogP contribution in [0.25, 0.3) is 11.2 Å². The first-order chi connectivity index (χ1) is 11.3. The van der Waals surface area contributed by atoms with Gasteiger partial charge in [-0.3, -0.25) is 14.6 Å². The number of anilines is 1. The molecule has 10 nitrogen and oxygen atoms in total. The van der Waals surface area contributed by atoms with Crippen LogP contribution in [0.1, 0.15) is 13.8 Å². The second-order valence-corrected chi connectivity index (χ2v) is 5.97. The Hall–Kier alpha value is -2.17. The molecule has 25 heavy (non-hydrogen) atoms. The maximum atomic E-state index is 11.8. The van der Waals surface area contributed by atoms with Crippen LogP contribution in [0.2, 0.25) is 0 Å². The van der Waals surface area contributed by atoms with Crippen molar-refractivity contribution in [2.24, 2.45) is 17.6 Å². The lowest BCUT2D eigenvalue weighted by atomic mass is 10.1. The summed E-state index contributed by atoms with van der Waals surface area (Å²) in [6.07, 6.45) is 1.43. The van der Waals surface area contributed by atoms with Crippen LogP contribution >= 0.6 is 12.4 Å². The number of nitrogens with one attached hydrogen (secondary N) is 1. The highest BCUT2D eigenvalue weighted by Gasteiger charge is 2.21. The van der Waals surface area contributed by atoms with Crippen molar-refractivity contribution in [1.29, 1.82) is 0 Å². The molecule has 0 fully saturated rings. The largest absolute Gasteiger partial charge is 0.464 e. The predicted octanol–water partition coefficient (Wildman–Crippen LogP) is -0.741.